The van der Waals surface area contributed by atoms with Gasteiger partial charge >= 0.3 is 0 Å². The maximum atomic E-state index is 4.96. The van der Waals surface area contributed by atoms with Crippen LogP contribution in [0.1, 0.15) is 33.6 Å². The third kappa shape index (κ3) is 2.11. The highest BCUT2D eigenvalue weighted by molar-refractivity contribution is 6.13. The number of imidazole rings is 1. The Labute approximate surface area is 192 Å². The Morgan fingerprint density at radius 1 is 0.667 bits per heavy atom. The van der Waals surface area contributed by atoms with Gasteiger partial charge in [-0.1, -0.05) is 60.7 Å². The number of pyridine rings is 1. The molecule has 0 saturated carbocycles. The summed E-state index contributed by atoms with van der Waals surface area (Å²) in [5.74, 6) is 0. The standard InChI is InChI=1S/C31H22N2/c1-17-18(2)33-29-16-26-21(14-27(29)23-9-5-6-10-25(23)31(33)32-17)15-28-24(26)12-11-20-13-19-7-3-4-8-22(19)30(20)28/h3-12,14,16H,13,15H2,1-2H3. The number of nitrogens with zero attached hydrogens (tertiary/aromatic N) is 2. The summed E-state index contributed by atoms with van der Waals surface area (Å²) in [4.78, 5) is 4.96. The van der Waals surface area contributed by atoms with E-state index in [0.29, 0.717) is 0 Å². The van der Waals surface area contributed by atoms with Gasteiger partial charge in [0.15, 0.2) is 0 Å². The highest BCUT2D eigenvalue weighted by Crippen LogP contribution is 2.48. The molecule has 0 amide bonds. The molecule has 0 N–H and O–H groups in total. The number of aryl methyl sites for hydroxylation is 2. The van der Waals surface area contributed by atoms with Gasteiger partial charge in [-0.2, -0.15) is 0 Å². The van der Waals surface area contributed by atoms with Crippen LogP contribution in [0.4, 0.5) is 0 Å². The lowest BCUT2D eigenvalue weighted by molar-refractivity contribution is 1.14. The number of benzene rings is 4. The summed E-state index contributed by atoms with van der Waals surface area (Å²) in [6.45, 7) is 4.31. The molecule has 0 saturated heterocycles. The van der Waals surface area contributed by atoms with Crippen molar-refractivity contribution in [1.82, 2.24) is 9.38 Å². The van der Waals surface area contributed by atoms with E-state index in [2.05, 4.69) is 91.0 Å². The van der Waals surface area contributed by atoms with Crippen molar-refractivity contribution in [2.75, 3.05) is 0 Å². The van der Waals surface area contributed by atoms with Gasteiger partial charge in [0, 0.05) is 16.5 Å². The summed E-state index contributed by atoms with van der Waals surface area (Å²) in [7, 11) is 0. The average molecular weight is 423 g/mol. The fraction of sp³-hybridized carbons (Fsp3) is 0.129. The minimum atomic E-state index is 1.01. The molecule has 0 spiro atoms. The summed E-state index contributed by atoms with van der Waals surface area (Å²) < 4.78 is 2.37. The predicted octanol–water partition coefficient (Wildman–Crippen LogP) is 7.40. The maximum Gasteiger partial charge on any atom is 0.145 e. The first-order valence-corrected chi connectivity index (χ1v) is 11.8. The van der Waals surface area contributed by atoms with E-state index in [1.807, 2.05) is 0 Å². The van der Waals surface area contributed by atoms with E-state index in [0.717, 1.165) is 24.2 Å². The fourth-order valence-electron chi connectivity index (χ4n) is 6.36. The van der Waals surface area contributed by atoms with Crippen LogP contribution < -0.4 is 0 Å². The molecule has 2 aliphatic rings. The van der Waals surface area contributed by atoms with Gasteiger partial charge in [-0.25, -0.2) is 4.98 Å². The molecule has 33 heavy (non-hydrogen) atoms. The Kier molecular flexibility index (Phi) is 3.15. The smallest absolute Gasteiger partial charge is 0.145 e. The van der Waals surface area contributed by atoms with Crippen molar-refractivity contribution < 1.29 is 0 Å². The first-order chi connectivity index (χ1) is 16.2. The Morgan fingerprint density at radius 3 is 2.39 bits per heavy atom. The number of hydrogen-bond donors (Lipinski definition) is 0. The van der Waals surface area contributed by atoms with Gasteiger partial charge in [-0.3, -0.25) is 4.40 Å². The summed E-state index contributed by atoms with van der Waals surface area (Å²) in [5, 5.41) is 3.84. The number of aromatic nitrogens is 2. The van der Waals surface area contributed by atoms with Crippen LogP contribution in [0.5, 0.6) is 0 Å². The molecule has 2 heteroatoms. The Balaban J connectivity index is 1.49. The van der Waals surface area contributed by atoms with Crippen LogP contribution in [-0.4, -0.2) is 9.38 Å². The van der Waals surface area contributed by atoms with Gasteiger partial charge in [-0.15, -0.1) is 0 Å². The fourth-order valence-corrected chi connectivity index (χ4v) is 6.36. The van der Waals surface area contributed by atoms with Crippen molar-refractivity contribution in [3.63, 3.8) is 0 Å². The van der Waals surface area contributed by atoms with E-state index in [1.165, 1.54) is 71.9 Å². The Hall–Kier alpha value is -3.91. The normalized spacial score (nSPS) is 13.5. The van der Waals surface area contributed by atoms with Crippen molar-refractivity contribution in [3.8, 4) is 22.3 Å². The maximum absolute atomic E-state index is 4.96. The molecular weight excluding hydrogens is 400 g/mol. The van der Waals surface area contributed by atoms with Crippen LogP contribution in [0.15, 0.2) is 72.8 Å². The van der Waals surface area contributed by atoms with Crippen LogP contribution in [0, 0.1) is 13.8 Å². The van der Waals surface area contributed by atoms with Crippen LogP contribution in [0.2, 0.25) is 0 Å². The summed E-state index contributed by atoms with van der Waals surface area (Å²) in [6.07, 6.45) is 2.06. The molecule has 0 bridgehead atoms. The monoisotopic (exact) mass is 422 g/mol. The van der Waals surface area contributed by atoms with Gasteiger partial charge in [0.05, 0.1) is 11.2 Å². The summed E-state index contributed by atoms with van der Waals surface area (Å²) >= 11 is 0. The van der Waals surface area contributed by atoms with Gasteiger partial charge < -0.3 is 0 Å². The lowest BCUT2D eigenvalue weighted by Gasteiger charge is -2.12. The van der Waals surface area contributed by atoms with Crippen LogP contribution >= 0.6 is 0 Å². The zero-order chi connectivity index (χ0) is 21.8. The molecule has 0 unspecified atom stereocenters. The van der Waals surface area contributed by atoms with Gasteiger partial charge in [-0.05, 0) is 88.7 Å². The quantitative estimate of drug-likeness (QED) is 0.233. The molecule has 2 aromatic heterocycles. The average Bonchev–Trinajstić information content (AvgIpc) is 3.49. The number of fused-ring (bicyclic) bond motifs is 13. The Bertz CT molecular complexity index is 1830. The summed E-state index contributed by atoms with van der Waals surface area (Å²) in [5.41, 5.74) is 16.2. The van der Waals surface area contributed by atoms with Gasteiger partial charge in [0.2, 0.25) is 0 Å². The second-order valence-electron chi connectivity index (χ2n) is 9.65. The Morgan fingerprint density at radius 2 is 1.48 bits per heavy atom. The van der Waals surface area contributed by atoms with Crippen LogP contribution in [0.3, 0.4) is 0 Å². The largest absolute Gasteiger partial charge is 0.296 e. The lowest BCUT2D eigenvalue weighted by atomic mass is 9.95. The van der Waals surface area contributed by atoms with Gasteiger partial charge in [0.1, 0.15) is 5.65 Å². The molecule has 156 valence electrons. The second kappa shape index (κ2) is 5.90. The molecule has 8 rings (SSSR count). The minimum absolute atomic E-state index is 1.01. The SMILES string of the molecule is Cc1nc2c3ccccc3c3cc4c(cc3n2c1C)-c1ccc2c(c1C4)-c1ccccc1C2. The zero-order valence-corrected chi connectivity index (χ0v) is 18.7. The minimum Gasteiger partial charge on any atom is -0.296 e. The molecule has 2 aliphatic carbocycles. The van der Waals surface area contributed by atoms with Crippen molar-refractivity contribution >= 4 is 27.3 Å². The van der Waals surface area contributed by atoms with E-state index < -0.39 is 0 Å². The first-order valence-electron chi connectivity index (χ1n) is 11.8. The van der Waals surface area contributed by atoms with E-state index >= 15 is 0 Å². The lowest BCUT2D eigenvalue weighted by Crippen LogP contribution is -1.95. The highest BCUT2D eigenvalue weighted by Gasteiger charge is 2.29. The second-order valence-corrected chi connectivity index (χ2v) is 9.65. The molecular formula is C31H22N2. The van der Waals surface area contributed by atoms with Crippen LogP contribution in [0.25, 0.3) is 49.6 Å². The number of hydrogen-bond acceptors (Lipinski definition) is 1. The molecule has 0 aliphatic heterocycles. The van der Waals surface area contributed by atoms with E-state index in [-0.39, 0.29) is 0 Å². The van der Waals surface area contributed by atoms with Crippen molar-refractivity contribution in [3.05, 3.63) is 106 Å². The van der Waals surface area contributed by atoms with E-state index in [9.17, 15) is 0 Å². The molecule has 2 heterocycles. The van der Waals surface area contributed by atoms with Crippen molar-refractivity contribution in [1.29, 1.82) is 0 Å². The topological polar surface area (TPSA) is 17.3 Å². The predicted molar refractivity (Wildman–Crippen MR) is 136 cm³/mol. The molecule has 0 radical (unpaired) electrons. The number of rotatable bonds is 0. The van der Waals surface area contributed by atoms with Crippen LogP contribution in [-0.2, 0) is 12.8 Å². The molecule has 0 atom stereocenters. The van der Waals surface area contributed by atoms with Crippen molar-refractivity contribution in [2.45, 2.75) is 26.7 Å². The molecule has 6 aromatic rings. The first kappa shape index (κ1) is 17.6. The highest BCUT2D eigenvalue weighted by atomic mass is 15.0. The summed E-state index contributed by atoms with van der Waals surface area (Å²) in [6, 6.07) is 27.3. The third-order valence-corrected chi connectivity index (χ3v) is 7.99. The molecule has 2 nitrogen and oxygen atoms in total. The molecule has 0 fully saturated rings. The van der Waals surface area contributed by atoms with Gasteiger partial charge in [0.25, 0.3) is 0 Å². The van der Waals surface area contributed by atoms with E-state index in [1.54, 1.807) is 0 Å². The third-order valence-electron chi connectivity index (χ3n) is 7.99. The van der Waals surface area contributed by atoms with Crippen molar-refractivity contribution in [2.24, 2.45) is 0 Å². The molecule has 4 aromatic carbocycles. The zero-order valence-electron chi connectivity index (χ0n) is 18.7. The van der Waals surface area contributed by atoms with E-state index in [4.69, 9.17) is 4.98 Å².